The third-order valence-corrected chi connectivity index (χ3v) is 5.39. The predicted octanol–water partition coefficient (Wildman–Crippen LogP) is 3.54. The van der Waals surface area contributed by atoms with Crippen molar-refractivity contribution in [1.82, 2.24) is 20.1 Å². The van der Waals surface area contributed by atoms with Crippen LogP contribution in [-0.4, -0.2) is 53.2 Å². The molecule has 0 aliphatic carbocycles. The Balaban J connectivity index is 1.32. The SMILES string of the molecule is O=C(NCCF)N1CC=C(c2ccc(NC(=O)N3Cc4cc(F)cnc4C3)cc2)CC1. The van der Waals surface area contributed by atoms with Crippen LogP contribution in [0.4, 0.5) is 24.1 Å². The maximum atomic E-state index is 13.3. The molecule has 0 saturated heterocycles. The van der Waals surface area contributed by atoms with E-state index in [-0.39, 0.29) is 18.6 Å². The molecule has 2 aliphatic rings. The van der Waals surface area contributed by atoms with Crippen molar-refractivity contribution in [2.75, 3.05) is 31.6 Å². The summed E-state index contributed by atoms with van der Waals surface area (Å²) >= 11 is 0. The largest absolute Gasteiger partial charge is 0.335 e. The van der Waals surface area contributed by atoms with Crippen molar-refractivity contribution in [1.29, 1.82) is 0 Å². The van der Waals surface area contributed by atoms with Crippen molar-refractivity contribution in [3.63, 3.8) is 0 Å². The fourth-order valence-corrected chi connectivity index (χ4v) is 3.73. The Morgan fingerprint density at radius 2 is 1.90 bits per heavy atom. The van der Waals surface area contributed by atoms with Gasteiger partial charge in [-0.25, -0.2) is 18.4 Å². The third kappa shape index (κ3) is 4.82. The molecule has 1 aromatic heterocycles. The molecule has 4 amide bonds. The topological polar surface area (TPSA) is 77.6 Å². The van der Waals surface area contributed by atoms with Crippen molar-refractivity contribution in [2.45, 2.75) is 19.5 Å². The van der Waals surface area contributed by atoms with Gasteiger partial charge in [0.25, 0.3) is 0 Å². The lowest BCUT2D eigenvalue weighted by atomic mass is 9.99. The minimum Gasteiger partial charge on any atom is -0.335 e. The average Bonchev–Trinajstić information content (AvgIpc) is 3.21. The number of hydrogen-bond donors (Lipinski definition) is 2. The number of benzene rings is 1. The number of carbonyl (C=O) groups is 2. The molecule has 3 heterocycles. The average molecular weight is 427 g/mol. The van der Waals surface area contributed by atoms with Crippen molar-refractivity contribution in [3.8, 4) is 0 Å². The third-order valence-electron chi connectivity index (χ3n) is 5.39. The lowest BCUT2D eigenvalue weighted by Crippen LogP contribution is -2.42. The molecule has 0 radical (unpaired) electrons. The predicted molar refractivity (Wildman–Crippen MR) is 112 cm³/mol. The van der Waals surface area contributed by atoms with Crippen LogP contribution >= 0.6 is 0 Å². The Morgan fingerprint density at radius 1 is 1.10 bits per heavy atom. The Hall–Kier alpha value is -3.49. The number of fused-ring (bicyclic) bond motifs is 1. The van der Waals surface area contributed by atoms with Gasteiger partial charge in [0, 0.05) is 31.9 Å². The number of alkyl halides is 1. The molecule has 0 unspecified atom stereocenters. The van der Waals surface area contributed by atoms with Crippen LogP contribution in [0.5, 0.6) is 0 Å². The second-order valence-electron chi connectivity index (χ2n) is 7.47. The second kappa shape index (κ2) is 9.11. The zero-order valence-corrected chi connectivity index (χ0v) is 16.9. The molecule has 0 fully saturated rings. The van der Waals surface area contributed by atoms with Gasteiger partial charge < -0.3 is 20.4 Å². The van der Waals surface area contributed by atoms with Gasteiger partial charge in [-0.2, -0.15) is 0 Å². The van der Waals surface area contributed by atoms with Gasteiger partial charge in [0.05, 0.1) is 18.4 Å². The summed E-state index contributed by atoms with van der Waals surface area (Å²) in [4.78, 5) is 31.7. The summed E-state index contributed by atoms with van der Waals surface area (Å²) in [6.07, 6.45) is 3.85. The summed E-state index contributed by atoms with van der Waals surface area (Å²) in [5.74, 6) is -0.405. The number of rotatable bonds is 4. The molecule has 9 heteroatoms. The fourth-order valence-electron chi connectivity index (χ4n) is 3.73. The Kier molecular flexibility index (Phi) is 6.11. The molecule has 4 rings (SSSR count). The van der Waals surface area contributed by atoms with Crippen LogP contribution in [0, 0.1) is 5.82 Å². The van der Waals surface area contributed by atoms with Gasteiger partial charge >= 0.3 is 12.1 Å². The number of nitrogens with one attached hydrogen (secondary N) is 2. The summed E-state index contributed by atoms with van der Waals surface area (Å²) in [7, 11) is 0. The molecule has 2 aromatic rings. The summed E-state index contributed by atoms with van der Waals surface area (Å²) in [6.45, 7) is 1.15. The molecule has 0 atom stereocenters. The standard InChI is InChI=1S/C22H23F2N5O2/c23-7-8-25-21(30)28-9-5-16(6-10-28)15-1-3-19(4-2-15)27-22(31)29-13-17-11-18(24)12-26-20(17)14-29/h1-5,11-12H,6-10,13-14H2,(H,25,30)(H,27,31). The highest BCUT2D eigenvalue weighted by molar-refractivity contribution is 5.90. The van der Waals surface area contributed by atoms with E-state index < -0.39 is 12.5 Å². The summed E-state index contributed by atoms with van der Waals surface area (Å²) in [5.41, 5.74) is 4.24. The van der Waals surface area contributed by atoms with E-state index in [0.29, 0.717) is 44.0 Å². The van der Waals surface area contributed by atoms with E-state index in [2.05, 4.69) is 15.6 Å². The van der Waals surface area contributed by atoms with Gasteiger partial charge in [-0.3, -0.25) is 4.98 Å². The molecule has 0 spiro atoms. The molecular weight excluding hydrogens is 404 g/mol. The van der Waals surface area contributed by atoms with Crippen molar-refractivity contribution in [3.05, 3.63) is 65.2 Å². The number of urea groups is 2. The Morgan fingerprint density at radius 3 is 2.61 bits per heavy atom. The van der Waals surface area contributed by atoms with E-state index in [9.17, 15) is 18.4 Å². The number of anilines is 1. The van der Waals surface area contributed by atoms with Gasteiger partial charge in [-0.05, 0) is 41.3 Å². The van der Waals surface area contributed by atoms with Gasteiger partial charge in [0.2, 0.25) is 0 Å². The fraction of sp³-hybridized carbons (Fsp3) is 0.318. The van der Waals surface area contributed by atoms with Crippen molar-refractivity contribution < 1.29 is 18.4 Å². The summed E-state index contributed by atoms with van der Waals surface area (Å²) in [5, 5.41) is 5.39. The van der Waals surface area contributed by atoms with Crippen LogP contribution in [-0.2, 0) is 13.1 Å². The van der Waals surface area contributed by atoms with Crippen LogP contribution in [0.1, 0.15) is 23.2 Å². The molecule has 2 N–H and O–H groups in total. The molecule has 31 heavy (non-hydrogen) atoms. The highest BCUT2D eigenvalue weighted by atomic mass is 19.1. The molecule has 7 nitrogen and oxygen atoms in total. The monoisotopic (exact) mass is 427 g/mol. The highest BCUT2D eigenvalue weighted by Gasteiger charge is 2.25. The Labute approximate surface area is 178 Å². The lowest BCUT2D eigenvalue weighted by Gasteiger charge is -2.26. The Bertz CT molecular complexity index is 1010. The van der Waals surface area contributed by atoms with Crippen LogP contribution < -0.4 is 10.6 Å². The number of halogens is 2. The number of carbonyl (C=O) groups excluding carboxylic acids is 2. The molecule has 2 aliphatic heterocycles. The first-order valence-electron chi connectivity index (χ1n) is 10.1. The number of pyridine rings is 1. The second-order valence-corrected chi connectivity index (χ2v) is 7.47. The van der Waals surface area contributed by atoms with Crippen LogP contribution in [0.2, 0.25) is 0 Å². The zero-order chi connectivity index (χ0) is 21.8. The van der Waals surface area contributed by atoms with E-state index in [4.69, 9.17) is 0 Å². The molecule has 162 valence electrons. The normalized spacial score (nSPS) is 15.4. The smallest absolute Gasteiger partial charge is 0.322 e. The zero-order valence-electron chi connectivity index (χ0n) is 16.9. The first kappa shape index (κ1) is 20.8. The quantitative estimate of drug-likeness (QED) is 0.784. The highest BCUT2D eigenvalue weighted by Crippen LogP contribution is 2.25. The number of aromatic nitrogens is 1. The minimum atomic E-state index is -0.580. The van der Waals surface area contributed by atoms with E-state index in [1.54, 1.807) is 9.80 Å². The van der Waals surface area contributed by atoms with Gasteiger partial charge in [-0.1, -0.05) is 18.2 Å². The first-order valence-corrected chi connectivity index (χ1v) is 10.1. The number of nitrogens with zero attached hydrogens (tertiary/aromatic N) is 3. The minimum absolute atomic E-state index is 0.0238. The van der Waals surface area contributed by atoms with Gasteiger partial charge in [0.1, 0.15) is 12.5 Å². The molecule has 0 bridgehead atoms. The summed E-state index contributed by atoms with van der Waals surface area (Å²) in [6, 6.07) is 8.40. The number of hydrogen-bond acceptors (Lipinski definition) is 3. The molecule has 1 aromatic carbocycles. The van der Waals surface area contributed by atoms with E-state index in [1.165, 1.54) is 6.07 Å². The first-order chi connectivity index (χ1) is 15.0. The lowest BCUT2D eigenvalue weighted by molar-refractivity contribution is 0.202. The van der Waals surface area contributed by atoms with Crippen LogP contribution in [0.3, 0.4) is 0 Å². The van der Waals surface area contributed by atoms with E-state index in [1.807, 2.05) is 30.3 Å². The van der Waals surface area contributed by atoms with Crippen LogP contribution in [0.15, 0.2) is 42.6 Å². The van der Waals surface area contributed by atoms with Crippen molar-refractivity contribution in [2.24, 2.45) is 0 Å². The van der Waals surface area contributed by atoms with Crippen LogP contribution in [0.25, 0.3) is 5.57 Å². The van der Waals surface area contributed by atoms with Crippen molar-refractivity contribution >= 4 is 23.3 Å². The van der Waals surface area contributed by atoms with Gasteiger partial charge in [0.15, 0.2) is 0 Å². The maximum Gasteiger partial charge on any atom is 0.322 e. The van der Waals surface area contributed by atoms with E-state index in [0.717, 1.165) is 22.9 Å². The maximum absolute atomic E-state index is 13.3. The van der Waals surface area contributed by atoms with Gasteiger partial charge in [-0.15, -0.1) is 0 Å². The van der Waals surface area contributed by atoms with E-state index >= 15 is 0 Å². The molecular formula is C22H23F2N5O2. The summed E-state index contributed by atoms with van der Waals surface area (Å²) < 4.78 is 25.5. The number of amides is 4. The molecule has 0 saturated carbocycles.